The van der Waals surface area contributed by atoms with Crippen molar-refractivity contribution in [3.63, 3.8) is 0 Å². The monoisotopic (exact) mass is 116 g/mol. The molecule has 0 saturated heterocycles. The van der Waals surface area contributed by atoms with Crippen LogP contribution in [0.15, 0.2) is 0 Å². The van der Waals surface area contributed by atoms with Crippen molar-refractivity contribution in [3.05, 3.63) is 0 Å². The Kier molecular flexibility index (Phi) is 144. The van der Waals surface area contributed by atoms with Gasteiger partial charge in [-0.3, -0.25) is 0 Å². The molecule has 0 aliphatic rings. The average Bonchev–Trinajstić information content (AvgIpc) is 0. The molecule has 0 aliphatic carbocycles. The summed E-state index contributed by atoms with van der Waals surface area (Å²) in [6.45, 7) is 0. The van der Waals surface area contributed by atoms with Gasteiger partial charge in [-0.25, -0.2) is 0 Å². The van der Waals surface area contributed by atoms with Crippen molar-refractivity contribution in [2.45, 2.75) is 0 Å². The third-order valence-electron chi connectivity index (χ3n) is 0. The molecule has 4 heavy (non-hydrogen) atoms. The third-order valence-corrected chi connectivity index (χ3v) is 0. The van der Waals surface area contributed by atoms with Crippen molar-refractivity contribution >= 4 is 75.5 Å². The van der Waals surface area contributed by atoms with Gasteiger partial charge in [0.25, 0.3) is 0 Å². The van der Waals surface area contributed by atoms with Crippen molar-refractivity contribution in [1.29, 1.82) is 0 Å². The molecule has 0 rings (SSSR count). The zero-order valence-corrected chi connectivity index (χ0v) is 6.83. The zero-order chi connectivity index (χ0) is 0. The van der Waals surface area contributed by atoms with Crippen LogP contribution in [0.4, 0.5) is 0 Å². The van der Waals surface area contributed by atoms with Crippen LogP contribution in [-0.4, -0.2) is 86.4 Å². The molecular weight excluding hydrogens is 112 g/mol. The quantitative estimate of drug-likeness (QED) is 0.316. The largest absolute Gasteiger partial charge is 2.00 e. The summed E-state index contributed by atoms with van der Waals surface area (Å²) >= 11 is 0. The first kappa shape index (κ1) is 32.0. The maximum atomic E-state index is 0. The van der Waals surface area contributed by atoms with Gasteiger partial charge in [0.15, 0.2) is 0 Å². The molecule has 0 aliphatic heterocycles. The van der Waals surface area contributed by atoms with Crippen LogP contribution in [-0.2, 0) is 0 Å². The summed E-state index contributed by atoms with van der Waals surface area (Å²) in [5.74, 6) is 0. The number of rotatable bonds is 0. The smallest absolute Gasteiger partial charge is 0.412 e. The predicted octanol–water partition coefficient (Wildman–Crippen LogP) is -2.41. The Balaban J connectivity index is 0. The standard InChI is InChI=1S/2Ca.2H2O/h;;2*1H2/q2*+2;;. The minimum Gasteiger partial charge on any atom is -0.412 e. The minimum absolute atomic E-state index is 0. The second-order valence-corrected chi connectivity index (χ2v) is 0. The van der Waals surface area contributed by atoms with Crippen LogP contribution in [0.2, 0.25) is 0 Å². The van der Waals surface area contributed by atoms with E-state index in [9.17, 15) is 0 Å². The Bertz CT molecular complexity index is 4.00. The summed E-state index contributed by atoms with van der Waals surface area (Å²) in [6, 6.07) is 0. The fourth-order valence-electron chi connectivity index (χ4n) is 0. The van der Waals surface area contributed by atoms with Gasteiger partial charge < -0.3 is 11.0 Å². The van der Waals surface area contributed by atoms with E-state index < -0.39 is 0 Å². The van der Waals surface area contributed by atoms with Gasteiger partial charge in [0, 0.05) is 0 Å². The first-order chi connectivity index (χ1) is 0. The summed E-state index contributed by atoms with van der Waals surface area (Å²) in [6.07, 6.45) is 0. The van der Waals surface area contributed by atoms with Gasteiger partial charge in [-0.05, 0) is 0 Å². The van der Waals surface area contributed by atoms with E-state index in [0.717, 1.165) is 0 Å². The second-order valence-electron chi connectivity index (χ2n) is 0. The van der Waals surface area contributed by atoms with Gasteiger partial charge in [-0.2, -0.15) is 0 Å². The maximum absolute atomic E-state index is 0. The fraction of sp³-hybridized carbons (Fsp3) is 0. The molecule has 0 unspecified atom stereocenters. The van der Waals surface area contributed by atoms with Gasteiger partial charge in [-0.15, -0.1) is 0 Å². The first-order valence-electron chi connectivity index (χ1n) is 0. The van der Waals surface area contributed by atoms with Crippen LogP contribution in [0.3, 0.4) is 0 Å². The van der Waals surface area contributed by atoms with E-state index in [1.165, 1.54) is 0 Å². The van der Waals surface area contributed by atoms with Gasteiger partial charge in [0.05, 0.1) is 0 Å². The molecule has 0 amide bonds. The van der Waals surface area contributed by atoms with Gasteiger partial charge >= 0.3 is 75.5 Å². The summed E-state index contributed by atoms with van der Waals surface area (Å²) in [5.41, 5.74) is 0. The maximum Gasteiger partial charge on any atom is 2.00 e. The van der Waals surface area contributed by atoms with Crippen LogP contribution >= 0.6 is 0 Å². The van der Waals surface area contributed by atoms with E-state index in [1.807, 2.05) is 0 Å². The molecule has 0 aromatic rings. The van der Waals surface area contributed by atoms with E-state index in [4.69, 9.17) is 0 Å². The second kappa shape index (κ2) is 18.0. The average molecular weight is 116 g/mol. The molecule has 0 heterocycles. The van der Waals surface area contributed by atoms with Gasteiger partial charge in [0.2, 0.25) is 0 Å². The van der Waals surface area contributed by atoms with E-state index in [1.54, 1.807) is 0 Å². The van der Waals surface area contributed by atoms with E-state index >= 15 is 0 Å². The molecule has 0 atom stereocenters. The molecule has 0 spiro atoms. The Morgan fingerprint density at radius 1 is 0.500 bits per heavy atom. The van der Waals surface area contributed by atoms with E-state index in [0.29, 0.717) is 0 Å². The van der Waals surface area contributed by atoms with Crippen molar-refractivity contribution in [2.75, 3.05) is 0 Å². The molecule has 0 fully saturated rings. The molecule has 0 saturated carbocycles. The van der Waals surface area contributed by atoms with Crippen LogP contribution < -0.4 is 0 Å². The molecule has 0 aromatic carbocycles. The van der Waals surface area contributed by atoms with Crippen molar-refractivity contribution in [2.24, 2.45) is 0 Å². The minimum atomic E-state index is 0. The summed E-state index contributed by atoms with van der Waals surface area (Å²) in [7, 11) is 0. The fourth-order valence-corrected chi connectivity index (χ4v) is 0. The zero-order valence-electron chi connectivity index (χ0n) is 2.41. The summed E-state index contributed by atoms with van der Waals surface area (Å²) < 4.78 is 0. The molecule has 0 bridgehead atoms. The Morgan fingerprint density at radius 3 is 0.500 bits per heavy atom. The van der Waals surface area contributed by atoms with Crippen LogP contribution in [0.5, 0.6) is 0 Å². The van der Waals surface area contributed by atoms with Crippen molar-refractivity contribution in [3.8, 4) is 0 Å². The number of hydrogen-bond donors (Lipinski definition) is 0. The van der Waals surface area contributed by atoms with Gasteiger partial charge in [0.1, 0.15) is 0 Å². The normalized spacial score (nSPS) is 0. The Labute approximate surface area is 84.6 Å². The Hall–Kier alpha value is 2.44. The topological polar surface area (TPSA) is 63.0 Å². The first-order valence-corrected chi connectivity index (χ1v) is 0. The molecule has 0 aromatic heterocycles. The van der Waals surface area contributed by atoms with Crippen molar-refractivity contribution < 1.29 is 11.0 Å². The molecule has 16 valence electrons. The molecule has 2 nitrogen and oxygen atoms in total. The molecule has 0 radical (unpaired) electrons. The van der Waals surface area contributed by atoms with E-state index in [-0.39, 0.29) is 86.4 Å². The number of hydrogen-bond acceptors (Lipinski definition) is 0. The van der Waals surface area contributed by atoms with Crippen molar-refractivity contribution in [1.82, 2.24) is 0 Å². The van der Waals surface area contributed by atoms with Crippen LogP contribution in [0.25, 0.3) is 0 Å². The Morgan fingerprint density at radius 2 is 0.500 bits per heavy atom. The summed E-state index contributed by atoms with van der Waals surface area (Å²) in [5, 5.41) is 0. The summed E-state index contributed by atoms with van der Waals surface area (Å²) in [4.78, 5) is 0. The van der Waals surface area contributed by atoms with Gasteiger partial charge in [-0.1, -0.05) is 0 Å². The predicted molar refractivity (Wildman–Crippen MR) is 18.7 cm³/mol. The molecule has 4 N–H and O–H groups in total. The van der Waals surface area contributed by atoms with Crippen LogP contribution in [0, 0.1) is 0 Å². The molecular formula is H4Ca2O2+4. The third kappa shape index (κ3) is 8.83. The SMILES string of the molecule is O.O.[Ca+2].[Ca+2]. The molecule has 4 heteroatoms. The van der Waals surface area contributed by atoms with Crippen LogP contribution in [0.1, 0.15) is 0 Å². The van der Waals surface area contributed by atoms with E-state index in [2.05, 4.69) is 0 Å².